The maximum atomic E-state index is 13.5. The van der Waals surface area contributed by atoms with E-state index in [1.165, 1.54) is 24.3 Å². The molecule has 7 heteroatoms. The van der Waals surface area contributed by atoms with E-state index in [1.54, 1.807) is 0 Å². The molecule has 0 heterocycles. The van der Waals surface area contributed by atoms with Crippen molar-refractivity contribution in [3.8, 4) is 0 Å². The Morgan fingerprint density at radius 3 is 2.10 bits per heavy atom. The highest BCUT2D eigenvalue weighted by molar-refractivity contribution is 5.34. The summed E-state index contributed by atoms with van der Waals surface area (Å²) in [4.78, 5) is 9.91. The lowest BCUT2D eigenvalue weighted by Crippen LogP contribution is -2.08. The van der Waals surface area contributed by atoms with Crippen LogP contribution in [0.4, 0.5) is 18.9 Å². The highest BCUT2D eigenvalue weighted by Crippen LogP contribution is 2.25. The normalized spacial score (nSPS) is 12.2. The van der Waals surface area contributed by atoms with Gasteiger partial charge in [-0.1, -0.05) is 12.1 Å². The van der Waals surface area contributed by atoms with Crippen LogP contribution >= 0.6 is 0 Å². The molecule has 0 saturated heterocycles. The van der Waals surface area contributed by atoms with Crippen LogP contribution in [0.2, 0.25) is 0 Å². The number of hydrogen-bond acceptors (Lipinski definition) is 3. The predicted octanol–water partition coefficient (Wildman–Crippen LogP) is 3.29. The van der Waals surface area contributed by atoms with Gasteiger partial charge in [-0.2, -0.15) is 0 Å². The molecule has 2 aromatic carbocycles. The van der Waals surface area contributed by atoms with Gasteiger partial charge in [0.25, 0.3) is 5.69 Å². The second kappa shape index (κ2) is 5.92. The molecule has 1 N–H and O–H groups in total. The standard InChI is InChI=1S/C14H10F3NO3/c15-9-6-11(16)14(12(17)7-9)13(19)5-8-1-3-10(4-2-8)18(20)21/h1-4,6-7,13,19H,5H2. The van der Waals surface area contributed by atoms with Crippen LogP contribution in [0.25, 0.3) is 0 Å². The van der Waals surface area contributed by atoms with Crippen LogP contribution in [0.15, 0.2) is 36.4 Å². The molecule has 0 fully saturated rings. The number of rotatable bonds is 4. The molecule has 0 saturated carbocycles. The van der Waals surface area contributed by atoms with E-state index >= 15 is 0 Å². The van der Waals surface area contributed by atoms with Gasteiger partial charge in [0, 0.05) is 30.7 Å². The van der Waals surface area contributed by atoms with E-state index in [9.17, 15) is 28.4 Å². The third-order valence-electron chi connectivity index (χ3n) is 2.95. The van der Waals surface area contributed by atoms with Crippen molar-refractivity contribution in [3.63, 3.8) is 0 Å². The molecule has 2 rings (SSSR count). The zero-order valence-corrected chi connectivity index (χ0v) is 10.6. The average molecular weight is 297 g/mol. The molecule has 1 atom stereocenters. The second-order valence-corrected chi connectivity index (χ2v) is 4.43. The molecule has 21 heavy (non-hydrogen) atoms. The van der Waals surface area contributed by atoms with Gasteiger partial charge in [-0.25, -0.2) is 13.2 Å². The lowest BCUT2D eigenvalue weighted by atomic mass is 10.00. The van der Waals surface area contributed by atoms with Crippen molar-refractivity contribution in [2.24, 2.45) is 0 Å². The number of non-ortho nitro benzene ring substituents is 1. The van der Waals surface area contributed by atoms with Crippen LogP contribution in [0, 0.1) is 27.6 Å². The van der Waals surface area contributed by atoms with Crippen molar-refractivity contribution in [3.05, 3.63) is 75.1 Å². The van der Waals surface area contributed by atoms with Crippen LogP contribution < -0.4 is 0 Å². The van der Waals surface area contributed by atoms with Gasteiger partial charge >= 0.3 is 0 Å². The maximum absolute atomic E-state index is 13.5. The first-order valence-corrected chi connectivity index (χ1v) is 5.94. The highest BCUT2D eigenvalue weighted by atomic mass is 19.1. The van der Waals surface area contributed by atoms with Crippen molar-refractivity contribution in [2.75, 3.05) is 0 Å². The Morgan fingerprint density at radius 1 is 1.10 bits per heavy atom. The molecule has 4 nitrogen and oxygen atoms in total. The summed E-state index contributed by atoms with van der Waals surface area (Å²) in [6.07, 6.45) is -1.68. The van der Waals surface area contributed by atoms with Crippen LogP contribution in [0.3, 0.4) is 0 Å². The Bertz CT molecular complexity index is 651. The number of aliphatic hydroxyl groups excluding tert-OH is 1. The molecule has 2 aromatic rings. The van der Waals surface area contributed by atoms with E-state index < -0.39 is 34.0 Å². The number of nitrogens with zero attached hydrogens (tertiary/aromatic N) is 1. The molecule has 0 amide bonds. The monoisotopic (exact) mass is 297 g/mol. The number of nitro benzene ring substituents is 1. The SMILES string of the molecule is O=[N+]([O-])c1ccc(CC(O)c2c(F)cc(F)cc2F)cc1. The smallest absolute Gasteiger partial charge is 0.269 e. The van der Waals surface area contributed by atoms with E-state index in [0.29, 0.717) is 17.7 Å². The first kappa shape index (κ1) is 15.0. The summed E-state index contributed by atoms with van der Waals surface area (Å²) < 4.78 is 39.8. The summed E-state index contributed by atoms with van der Waals surface area (Å²) >= 11 is 0. The van der Waals surface area contributed by atoms with Crippen molar-refractivity contribution >= 4 is 5.69 Å². The molecule has 110 valence electrons. The average Bonchev–Trinajstić information content (AvgIpc) is 2.37. The van der Waals surface area contributed by atoms with E-state index in [-0.39, 0.29) is 12.1 Å². The Balaban J connectivity index is 2.22. The first-order chi connectivity index (χ1) is 9.88. The van der Waals surface area contributed by atoms with E-state index in [0.717, 1.165) is 0 Å². The minimum atomic E-state index is -1.52. The van der Waals surface area contributed by atoms with Gasteiger partial charge in [-0.3, -0.25) is 10.1 Å². The summed E-state index contributed by atoms with van der Waals surface area (Å²) in [7, 11) is 0. The lowest BCUT2D eigenvalue weighted by molar-refractivity contribution is -0.384. The Hall–Kier alpha value is -2.41. The fourth-order valence-electron chi connectivity index (χ4n) is 1.95. The van der Waals surface area contributed by atoms with Crippen LogP contribution in [-0.4, -0.2) is 10.0 Å². The summed E-state index contributed by atoms with van der Waals surface area (Å²) in [5, 5.41) is 20.4. The Labute approximate surface area is 117 Å². The second-order valence-electron chi connectivity index (χ2n) is 4.43. The van der Waals surface area contributed by atoms with E-state index in [2.05, 4.69) is 0 Å². The molecular weight excluding hydrogens is 287 g/mol. The van der Waals surface area contributed by atoms with Gasteiger partial charge in [0.05, 0.1) is 16.6 Å². The zero-order valence-electron chi connectivity index (χ0n) is 10.6. The Morgan fingerprint density at radius 2 is 1.62 bits per heavy atom. The number of nitro groups is 1. The van der Waals surface area contributed by atoms with Crippen LogP contribution in [-0.2, 0) is 6.42 Å². The van der Waals surface area contributed by atoms with Crippen molar-refractivity contribution < 1.29 is 23.2 Å². The third kappa shape index (κ3) is 3.38. The minimum absolute atomic E-state index is 0.132. The molecule has 0 aromatic heterocycles. The molecule has 0 spiro atoms. The number of halogens is 3. The van der Waals surface area contributed by atoms with Gasteiger partial charge in [-0.05, 0) is 5.56 Å². The van der Waals surface area contributed by atoms with Gasteiger partial charge in [0.2, 0.25) is 0 Å². The molecule has 0 aliphatic rings. The molecule has 1 unspecified atom stereocenters. The zero-order chi connectivity index (χ0) is 15.6. The quantitative estimate of drug-likeness (QED) is 0.695. The van der Waals surface area contributed by atoms with Crippen molar-refractivity contribution in [1.29, 1.82) is 0 Å². The topological polar surface area (TPSA) is 63.4 Å². The predicted molar refractivity (Wildman–Crippen MR) is 68.1 cm³/mol. The molecule has 0 aliphatic carbocycles. The Kier molecular flexibility index (Phi) is 4.23. The molecule has 0 aliphatic heterocycles. The largest absolute Gasteiger partial charge is 0.388 e. The first-order valence-electron chi connectivity index (χ1n) is 5.94. The summed E-state index contributed by atoms with van der Waals surface area (Å²) in [6.45, 7) is 0. The van der Waals surface area contributed by atoms with Crippen LogP contribution in [0.1, 0.15) is 17.2 Å². The molecule has 0 radical (unpaired) electrons. The molecule has 0 bridgehead atoms. The van der Waals surface area contributed by atoms with Gasteiger partial charge in [0.15, 0.2) is 0 Å². The number of aliphatic hydroxyl groups is 1. The van der Waals surface area contributed by atoms with Gasteiger partial charge < -0.3 is 5.11 Å². The summed E-state index contributed by atoms with van der Waals surface area (Å²) in [6, 6.07) is 6.16. The fraction of sp³-hybridized carbons (Fsp3) is 0.143. The lowest BCUT2D eigenvalue weighted by Gasteiger charge is -2.13. The number of hydrogen-bond donors (Lipinski definition) is 1. The van der Waals surface area contributed by atoms with Gasteiger partial charge in [0.1, 0.15) is 17.5 Å². The summed E-state index contributed by atoms with van der Waals surface area (Å²) in [5.74, 6) is -3.43. The van der Waals surface area contributed by atoms with Crippen molar-refractivity contribution in [2.45, 2.75) is 12.5 Å². The van der Waals surface area contributed by atoms with Crippen LogP contribution in [0.5, 0.6) is 0 Å². The van der Waals surface area contributed by atoms with E-state index in [1.807, 2.05) is 0 Å². The van der Waals surface area contributed by atoms with Gasteiger partial charge in [-0.15, -0.1) is 0 Å². The fourth-order valence-corrected chi connectivity index (χ4v) is 1.95. The highest BCUT2D eigenvalue weighted by Gasteiger charge is 2.20. The summed E-state index contributed by atoms with van der Waals surface area (Å²) in [5.41, 5.74) is -0.307. The maximum Gasteiger partial charge on any atom is 0.269 e. The van der Waals surface area contributed by atoms with E-state index in [4.69, 9.17) is 0 Å². The third-order valence-corrected chi connectivity index (χ3v) is 2.95. The number of benzene rings is 2. The molecular formula is C14H10F3NO3. The van der Waals surface area contributed by atoms with Crippen molar-refractivity contribution in [1.82, 2.24) is 0 Å². The minimum Gasteiger partial charge on any atom is -0.388 e.